The van der Waals surface area contributed by atoms with Crippen molar-refractivity contribution in [3.8, 4) is 0 Å². The Balaban J connectivity index is 1.91. The minimum atomic E-state index is -3.63. The summed E-state index contributed by atoms with van der Waals surface area (Å²) in [6.45, 7) is 2.42. The molecular weight excluding hydrogens is 310 g/mol. The normalized spacial score (nSPS) is 18.9. The Morgan fingerprint density at radius 3 is 2.39 bits per heavy atom. The van der Waals surface area contributed by atoms with Gasteiger partial charge in [0.05, 0.1) is 23.6 Å². The summed E-state index contributed by atoms with van der Waals surface area (Å²) >= 11 is 0. The van der Waals surface area contributed by atoms with E-state index in [4.69, 9.17) is 4.74 Å². The van der Waals surface area contributed by atoms with Gasteiger partial charge in [-0.15, -0.1) is 0 Å². The number of rotatable bonds is 5. The van der Waals surface area contributed by atoms with Gasteiger partial charge >= 0.3 is 0 Å². The van der Waals surface area contributed by atoms with Crippen LogP contribution in [0, 0.1) is 6.92 Å². The van der Waals surface area contributed by atoms with E-state index in [0.717, 1.165) is 11.1 Å². The number of benzene rings is 2. The van der Waals surface area contributed by atoms with Crippen LogP contribution in [-0.2, 0) is 14.8 Å². The predicted molar refractivity (Wildman–Crippen MR) is 89.6 cm³/mol. The lowest BCUT2D eigenvalue weighted by molar-refractivity contribution is 0.103. The third kappa shape index (κ3) is 3.69. The van der Waals surface area contributed by atoms with Gasteiger partial charge in [-0.05, 0) is 24.6 Å². The van der Waals surface area contributed by atoms with Crippen LogP contribution in [0.2, 0.25) is 0 Å². The van der Waals surface area contributed by atoms with Crippen molar-refractivity contribution < 1.29 is 13.2 Å². The van der Waals surface area contributed by atoms with Crippen LogP contribution in [0.3, 0.4) is 0 Å². The highest BCUT2D eigenvalue weighted by Gasteiger charge is 2.29. The number of sulfonamides is 1. The van der Waals surface area contributed by atoms with E-state index in [-0.39, 0.29) is 11.0 Å². The summed E-state index contributed by atoms with van der Waals surface area (Å²) < 4.78 is 33.8. The van der Waals surface area contributed by atoms with Gasteiger partial charge in [0, 0.05) is 0 Å². The molecule has 0 saturated carbocycles. The minimum Gasteiger partial charge on any atom is -0.368 e. The van der Waals surface area contributed by atoms with E-state index < -0.39 is 16.1 Å². The Kier molecular flexibility index (Phi) is 4.61. The average Bonchev–Trinajstić information content (AvgIpc) is 3.08. The molecule has 23 heavy (non-hydrogen) atoms. The van der Waals surface area contributed by atoms with Crippen molar-refractivity contribution in [1.29, 1.82) is 0 Å². The molecule has 2 aromatic carbocycles. The maximum Gasteiger partial charge on any atom is 0.241 e. The van der Waals surface area contributed by atoms with E-state index in [1.165, 1.54) is 0 Å². The summed E-state index contributed by atoms with van der Waals surface area (Å²) in [5, 5.41) is 0. The van der Waals surface area contributed by atoms with Gasteiger partial charge in [0.25, 0.3) is 0 Å². The third-order valence-corrected chi connectivity index (χ3v) is 5.27. The van der Waals surface area contributed by atoms with Crippen molar-refractivity contribution in [3.05, 3.63) is 77.9 Å². The molecule has 1 N–H and O–H groups in total. The largest absolute Gasteiger partial charge is 0.368 e. The highest BCUT2D eigenvalue weighted by molar-refractivity contribution is 7.89. The number of nitrogens with one attached hydrogen (secondary N) is 1. The molecule has 0 aromatic heterocycles. The van der Waals surface area contributed by atoms with E-state index in [0.29, 0.717) is 6.61 Å². The molecule has 0 fully saturated rings. The molecule has 1 aliphatic rings. The molecule has 0 bridgehead atoms. The van der Waals surface area contributed by atoms with Gasteiger partial charge in [-0.2, -0.15) is 0 Å². The van der Waals surface area contributed by atoms with Gasteiger partial charge in [-0.1, -0.05) is 60.2 Å². The summed E-state index contributed by atoms with van der Waals surface area (Å²) in [5.41, 5.74) is 1.89. The maximum absolute atomic E-state index is 12.7. The Hall–Kier alpha value is -1.95. The van der Waals surface area contributed by atoms with Crippen molar-refractivity contribution in [3.63, 3.8) is 0 Å². The lowest BCUT2D eigenvalue weighted by atomic mass is 10.0. The Morgan fingerprint density at radius 1 is 1.09 bits per heavy atom. The van der Waals surface area contributed by atoms with E-state index in [9.17, 15) is 8.42 Å². The predicted octanol–water partition coefficient (Wildman–Crippen LogP) is 2.97. The summed E-state index contributed by atoms with van der Waals surface area (Å²) in [5.74, 6) is 0. The smallest absolute Gasteiger partial charge is 0.241 e. The zero-order chi connectivity index (χ0) is 16.3. The fourth-order valence-corrected chi connectivity index (χ4v) is 3.79. The van der Waals surface area contributed by atoms with E-state index in [2.05, 4.69) is 4.72 Å². The fourth-order valence-electron chi connectivity index (χ4n) is 2.56. The van der Waals surface area contributed by atoms with E-state index in [1.54, 1.807) is 24.3 Å². The monoisotopic (exact) mass is 329 g/mol. The van der Waals surface area contributed by atoms with Crippen molar-refractivity contribution in [2.24, 2.45) is 0 Å². The number of hydrogen-bond acceptors (Lipinski definition) is 3. The molecule has 0 unspecified atom stereocenters. The zero-order valence-electron chi connectivity index (χ0n) is 12.8. The first-order chi connectivity index (χ1) is 11.1. The molecule has 2 aromatic rings. The van der Waals surface area contributed by atoms with E-state index in [1.807, 2.05) is 49.4 Å². The zero-order valence-corrected chi connectivity index (χ0v) is 13.7. The quantitative estimate of drug-likeness (QED) is 0.858. The Morgan fingerprint density at radius 2 is 1.78 bits per heavy atom. The number of aryl methyl sites for hydroxylation is 1. The Labute approximate surface area is 136 Å². The molecule has 1 heterocycles. The van der Waals surface area contributed by atoms with Crippen molar-refractivity contribution in [1.82, 2.24) is 4.72 Å². The molecule has 0 amide bonds. The second-order valence-electron chi connectivity index (χ2n) is 5.55. The van der Waals surface area contributed by atoms with Crippen LogP contribution in [0.15, 0.2) is 71.6 Å². The van der Waals surface area contributed by atoms with E-state index >= 15 is 0 Å². The molecule has 1 aliphatic heterocycles. The molecule has 0 radical (unpaired) electrons. The molecule has 0 spiro atoms. The van der Waals surface area contributed by atoms with Crippen LogP contribution in [0.25, 0.3) is 0 Å². The molecular formula is C18H19NO3S. The van der Waals surface area contributed by atoms with Crippen LogP contribution in [0.1, 0.15) is 17.2 Å². The van der Waals surface area contributed by atoms with Gasteiger partial charge in [-0.25, -0.2) is 13.1 Å². The number of hydrogen-bond donors (Lipinski definition) is 1. The molecule has 2 atom stereocenters. The summed E-state index contributed by atoms with van der Waals surface area (Å²) in [7, 11) is -3.63. The van der Waals surface area contributed by atoms with Crippen molar-refractivity contribution in [2.45, 2.75) is 24.0 Å². The van der Waals surface area contributed by atoms with Crippen LogP contribution in [-0.4, -0.2) is 21.1 Å². The highest BCUT2D eigenvalue weighted by atomic mass is 32.2. The van der Waals surface area contributed by atoms with Gasteiger partial charge in [0.1, 0.15) is 0 Å². The molecule has 5 heteroatoms. The lowest BCUT2D eigenvalue weighted by Crippen LogP contribution is -2.35. The van der Waals surface area contributed by atoms with Crippen molar-refractivity contribution >= 4 is 10.0 Å². The highest BCUT2D eigenvalue weighted by Crippen LogP contribution is 2.25. The second-order valence-corrected chi connectivity index (χ2v) is 7.26. The minimum absolute atomic E-state index is 0.256. The summed E-state index contributed by atoms with van der Waals surface area (Å²) in [6.07, 6.45) is 3.49. The summed E-state index contributed by atoms with van der Waals surface area (Å²) in [6, 6.07) is 15.8. The van der Waals surface area contributed by atoms with Crippen LogP contribution >= 0.6 is 0 Å². The SMILES string of the molecule is Cc1ccc(S(=O)(=O)N[C@@H](c2ccccc2)[C@@H]2C=CCO2)cc1. The van der Waals surface area contributed by atoms with Crippen LogP contribution < -0.4 is 4.72 Å². The third-order valence-electron chi connectivity index (χ3n) is 3.81. The van der Waals surface area contributed by atoms with Gasteiger partial charge in [0.15, 0.2) is 0 Å². The average molecular weight is 329 g/mol. The number of ether oxygens (including phenoxy) is 1. The standard InChI is InChI=1S/C18H19NO3S/c1-14-9-11-16(12-10-14)23(20,21)19-18(17-8-5-13-22-17)15-6-3-2-4-7-15/h2-12,17-19H,13H2,1H3/t17-,18-/m0/s1. The van der Waals surface area contributed by atoms with Crippen LogP contribution in [0.5, 0.6) is 0 Å². The summed E-state index contributed by atoms with van der Waals surface area (Å²) in [4.78, 5) is 0.256. The maximum atomic E-state index is 12.7. The molecule has 0 saturated heterocycles. The van der Waals surface area contributed by atoms with Gasteiger partial charge < -0.3 is 4.74 Å². The Bertz CT molecular complexity index is 783. The fraction of sp³-hybridized carbons (Fsp3) is 0.222. The first kappa shape index (κ1) is 15.9. The lowest BCUT2D eigenvalue weighted by Gasteiger charge is -2.24. The second kappa shape index (κ2) is 6.66. The van der Waals surface area contributed by atoms with Gasteiger partial charge in [-0.3, -0.25) is 0 Å². The molecule has 4 nitrogen and oxygen atoms in total. The first-order valence-electron chi connectivity index (χ1n) is 7.48. The topological polar surface area (TPSA) is 55.4 Å². The first-order valence-corrected chi connectivity index (χ1v) is 8.97. The molecule has 120 valence electrons. The molecule has 0 aliphatic carbocycles. The van der Waals surface area contributed by atoms with Gasteiger partial charge in [0.2, 0.25) is 10.0 Å². The van der Waals surface area contributed by atoms with Crippen LogP contribution in [0.4, 0.5) is 0 Å². The molecule has 3 rings (SSSR count). The van der Waals surface area contributed by atoms with Crippen molar-refractivity contribution in [2.75, 3.05) is 6.61 Å².